The maximum atomic E-state index is 5.21. The highest BCUT2D eigenvalue weighted by atomic mass is 16.5. The first kappa shape index (κ1) is 15.8. The highest BCUT2D eigenvalue weighted by molar-refractivity contribution is 5.21. The van der Waals surface area contributed by atoms with Crippen molar-refractivity contribution in [2.24, 2.45) is 0 Å². The quantitative estimate of drug-likeness (QED) is 0.398. The van der Waals surface area contributed by atoms with E-state index in [0.717, 1.165) is 12.8 Å². The normalized spacial score (nSPS) is 11.6. The number of benzene rings is 1. The number of hydrogen-bond acceptors (Lipinski definition) is 1. The lowest BCUT2D eigenvalue weighted by molar-refractivity contribution is 0.331. The van der Waals surface area contributed by atoms with Gasteiger partial charge in [0, 0.05) is 0 Å². The number of allylic oxidation sites excluding steroid dienone is 1. The molecule has 1 aromatic carbocycles. The molecule has 1 heteroatoms. The second-order valence-corrected chi connectivity index (χ2v) is 5.19. The first-order chi connectivity index (χ1) is 9.36. The Morgan fingerprint density at radius 2 is 1.68 bits per heavy atom. The van der Waals surface area contributed by atoms with Gasteiger partial charge in [-0.1, -0.05) is 69.4 Å². The molecule has 106 valence electrons. The first-order valence-corrected chi connectivity index (χ1v) is 7.61. The van der Waals surface area contributed by atoms with Gasteiger partial charge in [0.15, 0.2) is 0 Å². The smallest absolute Gasteiger partial charge is 0.0819 e. The first-order valence-electron chi connectivity index (χ1n) is 7.61. The van der Waals surface area contributed by atoms with Crippen molar-refractivity contribution in [1.82, 2.24) is 0 Å². The molecule has 1 nitrogen and oxygen atoms in total. The average molecular weight is 260 g/mol. The Balaban J connectivity index is 2.27. The summed E-state index contributed by atoms with van der Waals surface area (Å²) in [7, 11) is 1.74. The lowest BCUT2D eigenvalue weighted by atomic mass is 10.00. The second kappa shape index (κ2) is 10.7. The van der Waals surface area contributed by atoms with E-state index in [4.69, 9.17) is 4.74 Å². The van der Waals surface area contributed by atoms with Crippen molar-refractivity contribution in [2.75, 3.05) is 7.11 Å². The minimum atomic E-state index is 1.02. The van der Waals surface area contributed by atoms with Crippen LogP contribution in [0.5, 0.6) is 0 Å². The number of unbranched alkanes of at least 4 members (excludes halogenated alkanes) is 5. The molecule has 0 atom stereocenters. The predicted octanol–water partition coefficient (Wildman–Crippen LogP) is 5.51. The summed E-state index contributed by atoms with van der Waals surface area (Å²) in [4.78, 5) is 0. The van der Waals surface area contributed by atoms with E-state index >= 15 is 0 Å². The van der Waals surface area contributed by atoms with Gasteiger partial charge in [0.2, 0.25) is 0 Å². The predicted molar refractivity (Wildman–Crippen MR) is 83.2 cm³/mol. The molecule has 0 bridgehead atoms. The van der Waals surface area contributed by atoms with Crippen LogP contribution in [-0.2, 0) is 11.2 Å². The summed E-state index contributed by atoms with van der Waals surface area (Å²) < 4.78 is 5.21. The Bertz CT molecular complexity index is 340. The Morgan fingerprint density at radius 1 is 1.00 bits per heavy atom. The molecule has 0 aromatic heterocycles. The van der Waals surface area contributed by atoms with Crippen LogP contribution in [0.15, 0.2) is 42.2 Å². The fourth-order valence-corrected chi connectivity index (χ4v) is 2.35. The maximum absolute atomic E-state index is 5.21. The summed E-state index contributed by atoms with van der Waals surface area (Å²) in [6.07, 6.45) is 12.2. The van der Waals surface area contributed by atoms with Crippen LogP contribution in [0, 0.1) is 0 Å². The van der Waals surface area contributed by atoms with Crippen molar-refractivity contribution in [3.63, 3.8) is 0 Å². The van der Waals surface area contributed by atoms with Crippen molar-refractivity contribution in [1.29, 1.82) is 0 Å². The zero-order valence-electron chi connectivity index (χ0n) is 12.5. The molecule has 0 saturated carbocycles. The number of rotatable bonds is 10. The summed E-state index contributed by atoms with van der Waals surface area (Å²) in [6, 6.07) is 10.6. The minimum Gasteiger partial charge on any atom is -0.504 e. The van der Waals surface area contributed by atoms with Crippen LogP contribution in [0.25, 0.3) is 0 Å². The molecule has 0 aliphatic rings. The van der Waals surface area contributed by atoms with E-state index in [0.29, 0.717) is 0 Å². The highest BCUT2D eigenvalue weighted by Gasteiger charge is 2.01. The lowest BCUT2D eigenvalue weighted by Crippen LogP contribution is -1.93. The van der Waals surface area contributed by atoms with Crippen LogP contribution in [0.1, 0.15) is 57.4 Å². The molecule has 19 heavy (non-hydrogen) atoms. The molecule has 0 spiro atoms. The standard InChI is InChI=1S/C18H28O/c1-3-4-5-6-7-9-14-18(16-19-2)15-17-12-10-8-11-13-17/h8,10-13,16H,3-7,9,14-15H2,1-2H3/b18-16-. The van der Waals surface area contributed by atoms with Gasteiger partial charge in [-0.15, -0.1) is 0 Å². The van der Waals surface area contributed by atoms with Crippen LogP contribution < -0.4 is 0 Å². The van der Waals surface area contributed by atoms with Gasteiger partial charge in [-0.2, -0.15) is 0 Å². The SMILES string of the molecule is CCCCCCCC/C(=C/OC)Cc1ccccc1. The monoisotopic (exact) mass is 260 g/mol. The van der Waals surface area contributed by atoms with E-state index in [2.05, 4.69) is 37.3 Å². The molecule has 0 fully saturated rings. The molecule has 1 aromatic rings. The Hall–Kier alpha value is -1.24. The summed E-state index contributed by atoms with van der Waals surface area (Å²) >= 11 is 0. The Labute approximate surface area is 118 Å². The van der Waals surface area contributed by atoms with Gasteiger partial charge in [-0.3, -0.25) is 0 Å². The van der Waals surface area contributed by atoms with Gasteiger partial charge in [-0.05, 0) is 30.4 Å². The molecule has 0 aliphatic carbocycles. The molecule has 0 saturated heterocycles. The lowest BCUT2D eigenvalue weighted by Gasteiger charge is -2.08. The fourth-order valence-electron chi connectivity index (χ4n) is 2.35. The molecular weight excluding hydrogens is 232 g/mol. The van der Waals surface area contributed by atoms with Crippen molar-refractivity contribution < 1.29 is 4.74 Å². The Kier molecular flexibility index (Phi) is 8.87. The topological polar surface area (TPSA) is 9.23 Å². The van der Waals surface area contributed by atoms with Gasteiger partial charge >= 0.3 is 0 Å². The third-order valence-corrected chi connectivity index (χ3v) is 3.41. The van der Waals surface area contributed by atoms with E-state index in [-0.39, 0.29) is 0 Å². The van der Waals surface area contributed by atoms with E-state index in [1.807, 2.05) is 6.26 Å². The molecule has 0 amide bonds. The van der Waals surface area contributed by atoms with E-state index in [1.165, 1.54) is 49.7 Å². The fraction of sp³-hybridized carbons (Fsp3) is 0.556. The van der Waals surface area contributed by atoms with Gasteiger partial charge in [0.25, 0.3) is 0 Å². The van der Waals surface area contributed by atoms with Gasteiger partial charge < -0.3 is 4.74 Å². The van der Waals surface area contributed by atoms with Crippen LogP contribution in [0.3, 0.4) is 0 Å². The molecule has 1 rings (SSSR count). The molecule has 0 heterocycles. The Morgan fingerprint density at radius 3 is 2.37 bits per heavy atom. The third-order valence-electron chi connectivity index (χ3n) is 3.41. The summed E-state index contributed by atoms with van der Waals surface area (Å²) in [5.41, 5.74) is 2.78. The third kappa shape index (κ3) is 7.71. The highest BCUT2D eigenvalue weighted by Crippen LogP contribution is 2.16. The largest absolute Gasteiger partial charge is 0.504 e. The van der Waals surface area contributed by atoms with Gasteiger partial charge in [-0.25, -0.2) is 0 Å². The van der Waals surface area contributed by atoms with Gasteiger partial charge in [0.1, 0.15) is 0 Å². The van der Waals surface area contributed by atoms with Gasteiger partial charge in [0.05, 0.1) is 13.4 Å². The van der Waals surface area contributed by atoms with Crippen molar-refractivity contribution in [3.05, 3.63) is 47.7 Å². The van der Waals surface area contributed by atoms with Crippen molar-refractivity contribution in [2.45, 2.75) is 58.3 Å². The van der Waals surface area contributed by atoms with Crippen LogP contribution in [-0.4, -0.2) is 7.11 Å². The average Bonchev–Trinajstić information content (AvgIpc) is 2.44. The summed E-state index contributed by atoms with van der Waals surface area (Å²) in [5.74, 6) is 0. The van der Waals surface area contributed by atoms with Crippen molar-refractivity contribution >= 4 is 0 Å². The second-order valence-electron chi connectivity index (χ2n) is 5.19. The molecule has 0 radical (unpaired) electrons. The van der Waals surface area contributed by atoms with E-state index in [9.17, 15) is 0 Å². The minimum absolute atomic E-state index is 1.02. The zero-order chi connectivity index (χ0) is 13.8. The molecule has 0 N–H and O–H groups in total. The zero-order valence-corrected chi connectivity index (χ0v) is 12.5. The number of hydrogen-bond donors (Lipinski definition) is 0. The van der Waals surface area contributed by atoms with E-state index < -0.39 is 0 Å². The number of methoxy groups -OCH3 is 1. The van der Waals surface area contributed by atoms with Crippen molar-refractivity contribution in [3.8, 4) is 0 Å². The van der Waals surface area contributed by atoms with E-state index in [1.54, 1.807) is 7.11 Å². The summed E-state index contributed by atoms with van der Waals surface area (Å²) in [6.45, 7) is 2.26. The number of ether oxygens (including phenoxy) is 1. The van der Waals surface area contributed by atoms with Crippen LogP contribution >= 0.6 is 0 Å². The summed E-state index contributed by atoms with van der Waals surface area (Å²) in [5, 5.41) is 0. The molecule has 0 aliphatic heterocycles. The molecule has 0 unspecified atom stereocenters. The maximum Gasteiger partial charge on any atom is 0.0819 e. The van der Waals surface area contributed by atoms with Crippen LogP contribution in [0.4, 0.5) is 0 Å². The van der Waals surface area contributed by atoms with Crippen LogP contribution in [0.2, 0.25) is 0 Å². The molecular formula is C18H28O.